The number of nitrogens with one attached hydrogen (secondary N) is 2. The fourth-order valence-corrected chi connectivity index (χ4v) is 2.73. The van der Waals surface area contributed by atoms with E-state index in [1.807, 2.05) is 43.3 Å². The molecular formula is C18H15BrN4O. The highest BCUT2D eigenvalue weighted by Crippen LogP contribution is 2.29. The highest BCUT2D eigenvalue weighted by molar-refractivity contribution is 9.10. The highest BCUT2D eigenvalue weighted by atomic mass is 79.9. The number of anilines is 3. The molecule has 2 N–H and O–H groups in total. The van der Waals surface area contributed by atoms with Gasteiger partial charge in [0, 0.05) is 21.2 Å². The SMILES string of the molecule is C=CC(=O)Nc1cc2c(Nc3cccc(Br)c3)ncnc2cc1C. The summed E-state index contributed by atoms with van der Waals surface area (Å²) in [6, 6.07) is 11.6. The van der Waals surface area contributed by atoms with Crippen molar-refractivity contribution in [1.82, 2.24) is 9.97 Å². The Balaban J connectivity index is 2.06. The normalized spacial score (nSPS) is 10.4. The van der Waals surface area contributed by atoms with Crippen LogP contribution in [0, 0.1) is 6.92 Å². The van der Waals surface area contributed by atoms with E-state index in [4.69, 9.17) is 0 Å². The molecule has 0 spiro atoms. The molecule has 1 amide bonds. The number of halogens is 1. The zero-order valence-electron chi connectivity index (χ0n) is 13.0. The van der Waals surface area contributed by atoms with Crippen LogP contribution in [0.3, 0.4) is 0 Å². The van der Waals surface area contributed by atoms with Gasteiger partial charge in [-0.15, -0.1) is 0 Å². The topological polar surface area (TPSA) is 66.9 Å². The lowest BCUT2D eigenvalue weighted by Gasteiger charge is -2.12. The third-order valence-corrected chi connectivity index (χ3v) is 4.01. The number of nitrogens with zero attached hydrogens (tertiary/aromatic N) is 2. The number of aryl methyl sites for hydroxylation is 1. The van der Waals surface area contributed by atoms with E-state index >= 15 is 0 Å². The Morgan fingerprint density at radius 3 is 2.83 bits per heavy atom. The number of carbonyl (C=O) groups excluding carboxylic acids is 1. The second-order valence-electron chi connectivity index (χ2n) is 5.24. The van der Waals surface area contributed by atoms with Crippen molar-refractivity contribution in [2.45, 2.75) is 6.92 Å². The molecule has 0 fully saturated rings. The number of rotatable bonds is 4. The zero-order chi connectivity index (χ0) is 17.1. The fraction of sp³-hybridized carbons (Fsp3) is 0.0556. The van der Waals surface area contributed by atoms with E-state index < -0.39 is 0 Å². The summed E-state index contributed by atoms with van der Waals surface area (Å²) < 4.78 is 0.973. The van der Waals surface area contributed by atoms with E-state index in [0.29, 0.717) is 11.5 Å². The molecule has 3 rings (SSSR count). The first-order valence-corrected chi connectivity index (χ1v) is 8.07. The van der Waals surface area contributed by atoms with E-state index in [0.717, 1.165) is 26.6 Å². The summed E-state index contributed by atoms with van der Waals surface area (Å²) in [7, 11) is 0. The highest BCUT2D eigenvalue weighted by Gasteiger charge is 2.09. The number of aromatic nitrogens is 2. The molecule has 0 bridgehead atoms. The van der Waals surface area contributed by atoms with Crippen molar-refractivity contribution in [3.63, 3.8) is 0 Å². The third kappa shape index (κ3) is 3.44. The minimum atomic E-state index is -0.254. The van der Waals surface area contributed by atoms with Crippen molar-refractivity contribution in [3.05, 3.63) is 65.4 Å². The van der Waals surface area contributed by atoms with Crippen molar-refractivity contribution < 1.29 is 4.79 Å². The van der Waals surface area contributed by atoms with Crippen LogP contribution < -0.4 is 10.6 Å². The van der Waals surface area contributed by atoms with Gasteiger partial charge in [0.05, 0.1) is 5.52 Å². The monoisotopic (exact) mass is 382 g/mol. The van der Waals surface area contributed by atoms with Crippen LogP contribution in [-0.2, 0) is 4.79 Å². The first-order valence-electron chi connectivity index (χ1n) is 7.28. The lowest BCUT2D eigenvalue weighted by Crippen LogP contribution is -2.09. The molecule has 2 aromatic carbocycles. The van der Waals surface area contributed by atoms with Crippen molar-refractivity contribution in [1.29, 1.82) is 0 Å². The minimum Gasteiger partial charge on any atom is -0.340 e. The van der Waals surface area contributed by atoms with Crippen LogP contribution in [0.2, 0.25) is 0 Å². The molecule has 0 aliphatic carbocycles. The van der Waals surface area contributed by atoms with E-state index in [9.17, 15) is 4.79 Å². The maximum atomic E-state index is 11.6. The number of amides is 1. The maximum absolute atomic E-state index is 11.6. The van der Waals surface area contributed by atoms with Crippen molar-refractivity contribution in [3.8, 4) is 0 Å². The number of carbonyl (C=O) groups is 1. The Kier molecular flexibility index (Phi) is 4.57. The second-order valence-corrected chi connectivity index (χ2v) is 6.15. The molecular weight excluding hydrogens is 368 g/mol. The number of hydrogen-bond donors (Lipinski definition) is 2. The molecule has 6 heteroatoms. The van der Waals surface area contributed by atoms with Gasteiger partial charge in [0.15, 0.2) is 0 Å². The molecule has 1 heterocycles. The Labute approximate surface area is 148 Å². The van der Waals surface area contributed by atoms with E-state index in [1.165, 1.54) is 12.4 Å². The van der Waals surface area contributed by atoms with Gasteiger partial charge in [-0.25, -0.2) is 9.97 Å². The molecule has 0 saturated heterocycles. The van der Waals surface area contributed by atoms with E-state index in [1.54, 1.807) is 0 Å². The molecule has 24 heavy (non-hydrogen) atoms. The molecule has 0 atom stereocenters. The van der Waals surface area contributed by atoms with Gasteiger partial charge >= 0.3 is 0 Å². The van der Waals surface area contributed by atoms with Gasteiger partial charge < -0.3 is 10.6 Å². The number of benzene rings is 2. The summed E-state index contributed by atoms with van der Waals surface area (Å²) in [5.74, 6) is 0.419. The van der Waals surface area contributed by atoms with Gasteiger partial charge in [0.25, 0.3) is 0 Å². The number of fused-ring (bicyclic) bond motifs is 1. The summed E-state index contributed by atoms with van der Waals surface area (Å²) >= 11 is 3.45. The van der Waals surface area contributed by atoms with Crippen LogP contribution in [0.25, 0.3) is 10.9 Å². The summed E-state index contributed by atoms with van der Waals surface area (Å²) in [6.45, 7) is 5.40. The van der Waals surface area contributed by atoms with Crippen LogP contribution in [-0.4, -0.2) is 15.9 Å². The summed E-state index contributed by atoms with van der Waals surface area (Å²) in [5.41, 5.74) is 3.34. The standard InChI is InChI=1S/C18H15BrN4O/c1-3-17(24)23-15-9-14-16(7-11(15)2)20-10-21-18(14)22-13-6-4-5-12(19)8-13/h3-10H,1H2,2H3,(H,23,24)(H,20,21,22). The summed E-state index contributed by atoms with van der Waals surface area (Å²) in [4.78, 5) is 20.2. The molecule has 0 saturated carbocycles. The lowest BCUT2D eigenvalue weighted by molar-refractivity contribution is -0.111. The molecule has 5 nitrogen and oxygen atoms in total. The quantitative estimate of drug-likeness (QED) is 0.648. The fourth-order valence-electron chi connectivity index (χ4n) is 2.33. The molecule has 3 aromatic rings. The predicted octanol–water partition coefficient (Wildman–Crippen LogP) is 4.57. The van der Waals surface area contributed by atoms with E-state index in [2.05, 4.69) is 43.1 Å². The average Bonchev–Trinajstić information content (AvgIpc) is 2.56. The van der Waals surface area contributed by atoms with Crippen molar-refractivity contribution in [2.24, 2.45) is 0 Å². The Morgan fingerprint density at radius 2 is 2.08 bits per heavy atom. The molecule has 0 aliphatic rings. The maximum Gasteiger partial charge on any atom is 0.247 e. The van der Waals surface area contributed by atoms with Gasteiger partial charge in [0.1, 0.15) is 12.1 Å². The predicted molar refractivity (Wildman–Crippen MR) is 101 cm³/mol. The molecule has 0 aliphatic heterocycles. The molecule has 1 aromatic heterocycles. The van der Waals surface area contributed by atoms with Crippen LogP contribution >= 0.6 is 15.9 Å². The smallest absolute Gasteiger partial charge is 0.247 e. The third-order valence-electron chi connectivity index (χ3n) is 3.51. The van der Waals surface area contributed by atoms with E-state index in [-0.39, 0.29) is 5.91 Å². The largest absolute Gasteiger partial charge is 0.340 e. The summed E-state index contributed by atoms with van der Waals surface area (Å²) in [6.07, 6.45) is 2.76. The van der Waals surface area contributed by atoms with Crippen LogP contribution in [0.1, 0.15) is 5.56 Å². The van der Waals surface area contributed by atoms with Crippen LogP contribution in [0.15, 0.2) is 59.9 Å². The first kappa shape index (κ1) is 16.1. The Hall–Kier alpha value is -2.73. The van der Waals surface area contributed by atoms with Gasteiger partial charge in [0.2, 0.25) is 5.91 Å². The van der Waals surface area contributed by atoms with Gasteiger partial charge in [-0.3, -0.25) is 4.79 Å². The Morgan fingerprint density at radius 1 is 1.25 bits per heavy atom. The summed E-state index contributed by atoms with van der Waals surface area (Å²) in [5, 5.41) is 6.91. The van der Waals surface area contributed by atoms with Gasteiger partial charge in [-0.05, 0) is 48.9 Å². The molecule has 0 unspecified atom stereocenters. The van der Waals surface area contributed by atoms with Crippen molar-refractivity contribution in [2.75, 3.05) is 10.6 Å². The van der Waals surface area contributed by atoms with Crippen LogP contribution in [0.4, 0.5) is 17.2 Å². The minimum absolute atomic E-state index is 0.254. The van der Waals surface area contributed by atoms with Crippen molar-refractivity contribution >= 4 is 49.9 Å². The molecule has 0 radical (unpaired) electrons. The number of hydrogen-bond acceptors (Lipinski definition) is 4. The lowest BCUT2D eigenvalue weighted by atomic mass is 10.1. The van der Waals surface area contributed by atoms with Gasteiger partial charge in [-0.1, -0.05) is 28.6 Å². The second kappa shape index (κ2) is 6.80. The average molecular weight is 383 g/mol. The Bertz CT molecular complexity index is 939. The first-order chi connectivity index (χ1) is 11.6. The zero-order valence-corrected chi connectivity index (χ0v) is 14.6. The molecule has 120 valence electrons. The van der Waals surface area contributed by atoms with Gasteiger partial charge in [-0.2, -0.15) is 0 Å². The van der Waals surface area contributed by atoms with Crippen LogP contribution in [0.5, 0.6) is 0 Å².